The average Bonchev–Trinajstić information content (AvgIpc) is 3.01. The second-order valence-electron chi connectivity index (χ2n) is 7.38. The van der Waals surface area contributed by atoms with Gasteiger partial charge in [-0.1, -0.05) is 6.42 Å². The van der Waals surface area contributed by atoms with Crippen LogP contribution in [0.25, 0.3) is 0 Å². The van der Waals surface area contributed by atoms with Gasteiger partial charge in [0.25, 0.3) is 0 Å². The fraction of sp³-hybridized carbons (Fsp3) is 0.867. The Morgan fingerprint density at radius 2 is 1.89 bits per heavy atom. The van der Waals surface area contributed by atoms with E-state index in [1.165, 1.54) is 25.7 Å². The Bertz CT molecular complexity index is 457. The molecule has 19 heavy (non-hydrogen) atoms. The summed E-state index contributed by atoms with van der Waals surface area (Å²) in [6.45, 7) is 7.10. The van der Waals surface area contributed by atoms with Gasteiger partial charge in [0, 0.05) is 12.0 Å². The van der Waals surface area contributed by atoms with Crippen LogP contribution in [0.15, 0.2) is 0 Å². The summed E-state index contributed by atoms with van der Waals surface area (Å²) in [5.74, 6) is 4.83. The summed E-state index contributed by atoms with van der Waals surface area (Å²) in [7, 11) is 0. The summed E-state index contributed by atoms with van der Waals surface area (Å²) < 4.78 is 2.26. The van der Waals surface area contributed by atoms with E-state index in [1.54, 1.807) is 0 Å². The topological polar surface area (TPSA) is 56.7 Å². The van der Waals surface area contributed by atoms with Crippen molar-refractivity contribution in [2.45, 2.75) is 65.0 Å². The molecule has 2 fully saturated rings. The van der Waals surface area contributed by atoms with Crippen molar-refractivity contribution in [3.8, 4) is 0 Å². The van der Waals surface area contributed by atoms with Crippen LogP contribution in [0, 0.1) is 17.8 Å². The number of fused-ring (bicyclic) bond motifs is 2. The van der Waals surface area contributed by atoms with Gasteiger partial charge in [-0.15, -0.1) is 10.2 Å². The van der Waals surface area contributed by atoms with E-state index < -0.39 is 0 Å². The zero-order chi connectivity index (χ0) is 13.6. The molecule has 0 aliphatic heterocycles. The van der Waals surface area contributed by atoms with Gasteiger partial charge in [0.15, 0.2) is 0 Å². The minimum Gasteiger partial charge on any atom is -0.324 e. The summed E-state index contributed by atoms with van der Waals surface area (Å²) in [6, 6.07) is 0. The van der Waals surface area contributed by atoms with E-state index in [2.05, 4.69) is 35.5 Å². The summed E-state index contributed by atoms with van der Waals surface area (Å²) >= 11 is 0. The van der Waals surface area contributed by atoms with Crippen molar-refractivity contribution in [2.75, 3.05) is 0 Å². The van der Waals surface area contributed by atoms with E-state index in [-0.39, 0.29) is 5.54 Å². The van der Waals surface area contributed by atoms with E-state index in [1.807, 2.05) is 0 Å². The molecule has 1 heterocycles. The fourth-order valence-electron chi connectivity index (χ4n) is 4.25. The maximum Gasteiger partial charge on any atom is 0.147 e. The van der Waals surface area contributed by atoms with Crippen LogP contribution in [0.3, 0.4) is 0 Å². The Morgan fingerprint density at radius 1 is 1.16 bits per heavy atom. The lowest BCUT2D eigenvalue weighted by molar-refractivity contribution is 0.306. The molecule has 2 N–H and O–H groups in total. The van der Waals surface area contributed by atoms with Gasteiger partial charge in [-0.3, -0.25) is 0 Å². The Morgan fingerprint density at radius 3 is 2.42 bits per heavy atom. The van der Waals surface area contributed by atoms with E-state index >= 15 is 0 Å². The first kappa shape index (κ1) is 13.1. The highest BCUT2D eigenvalue weighted by Gasteiger charge is 2.40. The molecule has 3 unspecified atom stereocenters. The zero-order valence-electron chi connectivity index (χ0n) is 12.4. The van der Waals surface area contributed by atoms with Crippen molar-refractivity contribution in [3.05, 3.63) is 11.6 Å². The van der Waals surface area contributed by atoms with E-state index in [4.69, 9.17) is 5.73 Å². The van der Waals surface area contributed by atoms with Crippen molar-refractivity contribution >= 4 is 0 Å². The van der Waals surface area contributed by atoms with Gasteiger partial charge in [0.1, 0.15) is 11.6 Å². The van der Waals surface area contributed by atoms with Crippen molar-refractivity contribution in [1.29, 1.82) is 0 Å². The predicted molar refractivity (Wildman–Crippen MR) is 75.6 cm³/mol. The van der Waals surface area contributed by atoms with Gasteiger partial charge in [-0.2, -0.15) is 0 Å². The van der Waals surface area contributed by atoms with Crippen molar-refractivity contribution in [2.24, 2.45) is 23.5 Å². The monoisotopic (exact) mass is 262 g/mol. The first-order valence-electron chi connectivity index (χ1n) is 7.62. The molecule has 2 aliphatic rings. The molecule has 3 atom stereocenters. The van der Waals surface area contributed by atoms with Crippen LogP contribution in [-0.2, 0) is 18.5 Å². The molecular weight excluding hydrogens is 236 g/mol. The number of aromatic nitrogens is 3. The van der Waals surface area contributed by atoms with Crippen LogP contribution >= 0.6 is 0 Å². The normalized spacial score (nSPS) is 30.2. The molecule has 4 nitrogen and oxygen atoms in total. The maximum absolute atomic E-state index is 5.81. The zero-order valence-corrected chi connectivity index (χ0v) is 12.4. The lowest BCUT2D eigenvalue weighted by Gasteiger charge is -2.27. The molecule has 2 aliphatic carbocycles. The largest absolute Gasteiger partial charge is 0.324 e. The molecule has 0 radical (unpaired) electrons. The molecule has 1 aromatic rings. The number of nitrogens with zero attached hydrogens (tertiary/aromatic N) is 3. The van der Waals surface area contributed by atoms with Gasteiger partial charge in [-0.25, -0.2) is 0 Å². The second kappa shape index (κ2) is 4.58. The van der Waals surface area contributed by atoms with Crippen LogP contribution in [-0.4, -0.2) is 14.8 Å². The lowest BCUT2D eigenvalue weighted by Crippen LogP contribution is -2.29. The molecule has 0 amide bonds. The van der Waals surface area contributed by atoms with Gasteiger partial charge < -0.3 is 10.3 Å². The SMILES string of the molecule is CC(C)(C)n1c(CN)nnc1CC1CC2CCC1C2. The van der Waals surface area contributed by atoms with E-state index in [9.17, 15) is 0 Å². The van der Waals surface area contributed by atoms with Gasteiger partial charge >= 0.3 is 0 Å². The van der Waals surface area contributed by atoms with Crippen LogP contribution in [0.2, 0.25) is 0 Å². The molecule has 106 valence electrons. The highest BCUT2D eigenvalue weighted by Crippen LogP contribution is 2.49. The third-order valence-corrected chi connectivity index (χ3v) is 4.98. The fourth-order valence-corrected chi connectivity index (χ4v) is 4.25. The minimum atomic E-state index is 0.0190. The number of nitrogens with two attached hydrogens (primary N) is 1. The van der Waals surface area contributed by atoms with Gasteiger partial charge in [0.2, 0.25) is 0 Å². The van der Waals surface area contributed by atoms with Crippen LogP contribution in [0.5, 0.6) is 0 Å². The average molecular weight is 262 g/mol. The Balaban J connectivity index is 1.83. The van der Waals surface area contributed by atoms with Crippen molar-refractivity contribution < 1.29 is 0 Å². The summed E-state index contributed by atoms with van der Waals surface area (Å²) in [5.41, 5.74) is 5.83. The molecule has 1 aromatic heterocycles. The number of hydrogen-bond donors (Lipinski definition) is 1. The van der Waals surface area contributed by atoms with Crippen LogP contribution < -0.4 is 5.73 Å². The molecule has 2 saturated carbocycles. The Labute approximate surface area is 115 Å². The van der Waals surface area contributed by atoms with Crippen LogP contribution in [0.1, 0.15) is 58.1 Å². The first-order valence-corrected chi connectivity index (χ1v) is 7.62. The highest BCUT2D eigenvalue weighted by molar-refractivity contribution is 5.04. The summed E-state index contributed by atoms with van der Waals surface area (Å²) in [6.07, 6.45) is 6.84. The Kier molecular flexibility index (Phi) is 3.16. The Hall–Kier alpha value is -0.900. The standard InChI is InChI=1S/C15H26N4/c1-15(2,3)19-13(17-18-14(19)9-16)8-12-7-10-4-5-11(12)6-10/h10-12H,4-9,16H2,1-3H3. The van der Waals surface area contributed by atoms with Crippen molar-refractivity contribution in [1.82, 2.24) is 14.8 Å². The highest BCUT2D eigenvalue weighted by atomic mass is 15.3. The molecule has 0 spiro atoms. The lowest BCUT2D eigenvalue weighted by atomic mass is 9.86. The minimum absolute atomic E-state index is 0.0190. The first-order chi connectivity index (χ1) is 8.99. The molecule has 0 aromatic carbocycles. The summed E-state index contributed by atoms with van der Waals surface area (Å²) in [4.78, 5) is 0. The van der Waals surface area contributed by atoms with Gasteiger partial charge in [-0.05, 0) is 57.8 Å². The smallest absolute Gasteiger partial charge is 0.147 e. The number of rotatable bonds is 3. The maximum atomic E-state index is 5.81. The van der Waals surface area contributed by atoms with Crippen LogP contribution in [0.4, 0.5) is 0 Å². The molecule has 4 heteroatoms. The van der Waals surface area contributed by atoms with E-state index in [0.29, 0.717) is 6.54 Å². The molecular formula is C15H26N4. The third kappa shape index (κ3) is 2.31. The number of hydrogen-bond acceptors (Lipinski definition) is 3. The van der Waals surface area contributed by atoms with Crippen molar-refractivity contribution in [3.63, 3.8) is 0 Å². The third-order valence-electron chi connectivity index (χ3n) is 4.98. The molecule has 0 saturated heterocycles. The van der Waals surface area contributed by atoms with Gasteiger partial charge in [0.05, 0.1) is 6.54 Å². The van der Waals surface area contributed by atoms with E-state index in [0.717, 1.165) is 35.8 Å². The quantitative estimate of drug-likeness (QED) is 0.910. The molecule has 3 rings (SSSR count). The summed E-state index contributed by atoms with van der Waals surface area (Å²) in [5, 5.41) is 8.73. The molecule has 2 bridgehead atoms. The second-order valence-corrected chi connectivity index (χ2v) is 7.38. The predicted octanol–water partition coefficient (Wildman–Crippen LogP) is 2.47.